The molecule has 3 aliphatic rings. The lowest BCUT2D eigenvalue weighted by atomic mass is 9.51. The minimum absolute atomic E-state index is 0.0296. The number of fused-ring (bicyclic) bond motifs is 5. The number of hydrogen-bond acceptors (Lipinski definition) is 4. The van der Waals surface area contributed by atoms with Crippen molar-refractivity contribution >= 4 is 5.91 Å². The van der Waals surface area contributed by atoms with Crippen molar-refractivity contribution in [3.63, 3.8) is 0 Å². The summed E-state index contributed by atoms with van der Waals surface area (Å²) in [7, 11) is 0. The smallest absolute Gasteiger partial charge is 0.254 e. The fourth-order valence-corrected chi connectivity index (χ4v) is 9.20. The third-order valence-corrected chi connectivity index (χ3v) is 11.4. The average Bonchev–Trinajstić information content (AvgIpc) is 3.35. The SMILES string of the molecule is CCOc1ccc(C(=O)N(CCCCCC[C@@H]2Cc3cc(O)ccc3C3C2C2CC[C@H](O)[C@@]2(C)C[C@@H]3F)Cc2ccccc2)cc1. The van der Waals surface area contributed by atoms with E-state index < -0.39 is 12.3 Å². The van der Waals surface area contributed by atoms with Gasteiger partial charge in [-0.1, -0.05) is 62.6 Å². The Balaban J connectivity index is 1.09. The van der Waals surface area contributed by atoms with Crippen LogP contribution in [0.25, 0.3) is 0 Å². The molecule has 6 heteroatoms. The van der Waals surface area contributed by atoms with E-state index in [1.807, 2.05) is 66.4 Å². The summed E-state index contributed by atoms with van der Waals surface area (Å²) in [5.41, 5.74) is 3.60. The summed E-state index contributed by atoms with van der Waals surface area (Å²) >= 11 is 0. The number of aromatic hydroxyl groups is 1. The molecule has 0 spiro atoms. The van der Waals surface area contributed by atoms with E-state index in [1.165, 1.54) is 0 Å². The van der Waals surface area contributed by atoms with Crippen LogP contribution in [-0.2, 0) is 13.0 Å². The molecule has 0 bridgehead atoms. The quantitative estimate of drug-likeness (QED) is 0.198. The molecule has 0 aliphatic heterocycles. The summed E-state index contributed by atoms with van der Waals surface area (Å²) in [5, 5.41) is 21.2. The van der Waals surface area contributed by atoms with E-state index in [0.29, 0.717) is 43.5 Å². The van der Waals surface area contributed by atoms with Crippen LogP contribution in [0.3, 0.4) is 0 Å². The monoisotopic (exact) mass is 627 g/mol. The van der Waals surface area contributed by atoms with Gasteiger partial charge in [0, 0.05) is 24.6 Å². The number of phenols is 1. The predicted molar refractivity (Wildman–Crippen MR) is 180 cm³/mol. The van der Waals surface area contributed by atoms with Crippen LogP contribution < -0.4 is 4.74 Å². The van der Waals surface area contributed by atoms with Gasteiger partial charge in [-0.2, -0.15) is 0 Å². The van der Waals surface area contributed by atoms with Gasteiger partial charge < -0.3 is 19.8 Å². The number of hydrogen-bond donors (Lipinski definition) is 2. The number of halogens is 1. The highest BCUT2D eigenvalue weighted by atomic mass is 19.1. The van der Waals surface area contributed by atoms with Gasteiger partial charge in [-0.15, -0.1) is 0 Å². The third-order valence-electron chi connectivity index (χ3n) is 11.4. The molecule has 6 rings (SSSR count). The summed E-state index contributed by atoms with van der Waals surface area (Å²) in [6.45, 7) is 5.91. The number of aliphatic hydroxyl groups excluding tert-OH is 1. The Labute approximate surface area is 273 Å². The molecule has 2 N–H and O–H groups in total. The molecule has 7 atom stereocenters. The molecule has 1 amide bonds. The van der Waals surface area contributed by atoms with E-state index in [-0.39, 0.29) is 28.9 Å². The number of aliphatic hydroxyl groups is 1. The fourth-order valence-electron chi connectivity index (χ4n) is 9.20. The molecule has 3 aliphatic carbocycles. The van der Waals surface area contributed by atoms with Gasteiger partial charge in [0.25, 0.3) is 5.91 Å². The van der Waals surface area contributed by atoms with E-state index in [1.54, 1.807) is 6.07 Å². The minimum Gasteiger partial charge on any atom is -0.508 e. The Kier molecular flexibility index (Phi) is 10.0. The lowest BCUT2D eigenvalue weighted by molar-refractivity contribution is -0.0722. The fraction of sp³-hybridized carbons (Fsp3) is 0.525. The van der Waals surface area contributed by atoms with Crippen molar-refractivity contribution in [2.45, 2.75) is 96.4 Å². The van der Waals surface area contributed by atoms with E-state index >= 15 is 4.39 Å². The molecule has 2 fully saturated rings. The van der Waals surface area contributed by atoms with Gasteiger partial charge in [0.05, 0.1) is 12.7 Å². The number of ether oxygens (including phenoxy) is 1. The van der Waals surface area contributed by atoms with Crippen LogP contribution in [0.2, 0.25) is 0 Å². The van der Waals surface area contributed by atoms with E-state index in [2.05, 4.69) is 19.1 Å². The predicted octanol–water partition coefficient (Wildman–Crippen LogP) is 8.48. The third kappa shape index (κ3) is 6.69. The molecule has 0 heterocycles. The Morgan fingerprint density at radius 3 is 2.52 bits per heavy atom. The lowest BCUT2D eigenvalue weighted by Crippen LogP contribution is -2.51. The van der Waals surface area contributed by atoms with Crippen LogP contribution in [0.15, 0.2) is 72.8 Å². The molecule has 3 aromatic carbocycles. The average molecular weight is 628 g/mol. The van der Waals surface area contributed by atoms with Crippen molar-refractivity contribution in [3.8, 4) is 11.5 Å². The van der Waals surface area contributed by atoms with Crippen LogP contribution >= 0.6 is 0 Å². The molecular weight excluding hydrogens is 577 g/mol. The zero-order valence-corrected chi connectivity index (χ0v) is 27.4. The van der Waals surface area contributed by atoms with Gasteiger partial charge in [0.1, 0.15) is 17.7 Å². The number of amides is 1. The first-order chi connectivity index (χ1) is 22.3. The number of nitrogens with zero attached hydrogens (tertiary/aromatic N) is 1. The Bertz CT molecular complexity index is 1460. The van der Waals surface area contributed by atoms with E-state index in [0.717, 1.165) is 73.8 Å². The summed E-state index contributed by atoms with van der Waals surface area (Å²) in [4.78, 5) is 15.5. The largest absolute Gasteiger partial charge is 0.508 e. The Morgan fingerprint density at radius 1 is 1.00 bits per heavy atom. The topological polar surface area (TPSA) is 70.0 Å². The number of rotatable bonds is 12. The van der Waals surface area contributed by atoms with Gasteiger partial charge in [0.2, 0.25) is 0 Å². The molecular formula is C40H50FNO4. The number of phenolic OH excluding ortho intramolecular Hbond substituents is 1. The minimum atomic E-state index is -0.978. The first kappa shape index (κ1) is 32.6. The van der Waals surface area contributed by atoms with Gasteiger partial charge in [-0.05, 0) is 122 Å². The van der Waals surface area contributed by atoms with Crippen LogP contribution in [0.1, 0.15) is 98.2 Å². The molecule has 246 valence electrons. The van der Waals surface area contributed by atoms with Crippen LogP contribution in [0.5, 0.6) is 11.5 Å². The van der Waals surface area contributed by atoms with E-state index in [4.69, 9.17) is 4.74 Å². The molecule has 5 nitrogen and oxygen atoms in total. The highest BCUT2D eigenvalue weighted by Crippen LogP contribution is 2.63. The summed E-state index contributed by atoms with van der Waals surface area (Å²) in [6, 6.07) is 23.1. The number of alkyl halides is 1. The summed E-state index contributed by atoms with van der Waals surface area (Å²) in [5.74, 6) is 1.77. The number of carbonyl (C=O) groups is 1. The lowest BCUT2D eigenvalue weighted by Gasteiger charge is -2.54. The van der Waals surface area contributed by atoms with Gasteiger partial charge >= 0.3 is 0 Å². The second-order valence-corrected chi connectivity index (χ2v) is 14.2. The second-order valence-electron chi connectivity index (χ2n) is 14.2. The number of unbranched alkanes of at least 4 members (excludes halogenated alkanes) is 3. The van der Waals surface area contributed by atoms with Crippen molar-refractivity contribution in [2.75, 3.05) is 13.2 Å². The number of carbonyl (C=O) groups excluding carboxylic acids is 1. The zero-order chi connectivity index (χ0) is 32.3. The maximum atomic E-state index is 16.1. The van der Waals surface area contributed by atoms with Gasteiger partial charge in [0.15, 0.2) is 0 Å². The maximum absolute atomic E-state index is 16.1. The molecule has 0 aromatic heterocycles. The summed E-state index contributed by atoms with van der Waals surface area (Å²) < 4.78 is 21.6. The van der Waals surface area contributed by atoms with Crippen LogP contribution in [0, 0.1) is 23.2 Å². The van der Waals surface area contributed by atoms with Crippen molar-refractivity contribution in [1.82, 2.24) is 4.90 Å². The normalized spacial score (nSPS) is 28.2. The molecule has 0 saturated heterocycles. The highest BCUT2D eigenvalue weighted by molar-refractivity contribution is 5.94. The van der Waals surface area contributed by atoms with Crippen LogP contribution in [-0.4, -0.2) is 46.4 Å². The molecule has 0 radical (unpaired) electrons. The first-order valence-corrected chi connectivity index (χ1v) is 17.5. The van der Waals surface area contributed by atoms with Gasteiger partial charge in [-0.25, -0.2) is 4.39 Å². The highest BCUT2D eigenvalue weighted by Gasteiger charge is 2.59. The second kappa shape index (κ2) is 14.2. The van der Waals surface area contributed by atoms with Gasteiger partial charge in [-0.3, -0.25) is 4.79 Å². The Hall–Kier alpha value is -3.38. The van der Waals surface area contributed by atoms with E-state index in [9.17, 15) is 15.0 Å². The Morgan fingerprint density at radius 2 is 1.76 bits per heavy atom. The van der Waals surface area contributed by atoms with Crippen LogP contribution in [0.4, 0.5) is 4.39 Å². The first-order valence-electron chi connectivity index (χ1n) is 17.5. The maximum Gasteiger partial charge on any atom is 0.254 e. The van der Waals surface area contributed by atoms with Crippen molar-refractivity contribution in [1.29, 1.82) is 0 Å². The molecule has 2 saturated carbocycles. The van der Waals surface area contributed by atoms with Crippen molar-refractivity contribution < 1.29 is 24.1 Å². The van der Waals surface area contributed by atoms with Crippen molar-refractivity contribution in [3.05, 3.63) is 95.1 Å². The van der Waals surface area contributed by atoms with Crippen molar-refractivity contribution in [2.24, 2.45) is 23.2 Å². The standard InChI is InChI=1S/C40H50FNO4/c1-3-46-32-17-14-28(15-18-32)39(45)42(26-27-11-7-6-8-12-27)22-10-5-4-9-13-29-23-30-24-31(43)16-19-33(30)38-35(41)25-40(2)34(37(29)38)20-21-36(40)44/h6-8,11-12,14-19,24,29,34-38,43-44H,3-5,9-10,13,20-23,25-26H2,1-2H3/t29-,34?,35+,36+,37?,38?,40+/m1/s1. The number of benzene rings is 3. The summed E-state index contributed by atoms with van der Waals surface area (Å²) in [6.07, 6.45) is 6.67. The molecule has 3 unspecified atom stereocenters. The molecule has 3 aromatic rings. The molecule has 46 heavy (non-hydrogen) atoms. The zero-order valence-electron chi connectivity index (χ0n) is 27.4.